The van der Waals surface area contributed by atoms with Crippen LogP contribution in [0, 0.1) is 16.0 Å². The lowest BCUT2D eigenvalue weighted by Gasteiger charge is -2.08. The highest BCUT2D eigenvalue weighted by Gasteiger charge is 2.09. The Bertz CT molecular complexity index is 116. The minimum atomic E-state index is -0.335. The molecular weight excluding hydrogens is 146 g/mol. The summed E-state index contributed by atoms with van der Waals surface area (Å²) in [6, 6.07) is 0. The molecule has 66 valence electrons. The molecule has 0 aromatic heterocycles. The summed E-state index contributed by atoms with van der Waals surface area (Å²) in [6.07, 6.45) is 2.35. The van der Waals surface area contributed by atoms with Crippen LogP contribution < -0.4 is 0 Å². The van der Waals surface area contributed by atoms with Gasteiger partial charge in [0.05, 0.1) is 0 Å². The van der Waals surface area contributed by atoms with E-state index in [1.807, 2.05) is 6.92 Å². The number of hydrogen-bond donors (Lipinski definition) is 1. The predicted molar refractivity (Wildman–Crippen MR) is 42.0 cm³/mol. The Kier molecular flexibility index (Phi) is 5.74. The molecule has 0 aliphatic rings. The number of aliphatic hydroxyl groups is 1. The molecular formula is C7H15NO3. The van der Waals surface area contributed by atoms with Crippen molar-refractivity contribution in [3.8, 4) is 0 Å². The van der Waals surface area contributed by atoms with E-state index in [1.165, 1.54) is 0 Å². The highest BCUT2D eigenvalue weighted by Crippen LogP contribution is 2.09. The maximum Gasteiger partial charge on any atom is 0.204 e. The van der Waals surface area contributed by atoms with Crippen LogP contribution >= 0.6 is 0 Å². The van der Waals surface area contributed by atoms with Gasteiger partial charge in [-0.15, -0.1) is 0 Å². The van der Waals surface area contributed by atoms with Gasteiger partial charge in [0.15, 0.2) is 0 Å². The lowest BCUT2D eigenvalue weighted by Crippen LogP contribution is -2.12. The van der Waals surface area contributed by atoms with Gasteiger partial charge < -0.3 is 5.11 Å². The van der Waals surface area contributed by atoms with Crippen molar-refractivity contribution in [1.29, 1.82) is 0 Å². The molecule has 0 aliphatic carbocycles. The Labute approximate surface area is 66.4 Å². The molecule has 0 rings (SSSR count). The van der Waals surface area contributed by atoms with Crippen molar-refractivity contribution in [2.24, 2.45) is 5.92 Å². The van der Waals surface area contributed by atoms with Gasteiger partial charge in [-0.3, -0.25) is 10.1 Å². The molecule has 0 unspecified atom stereocenters. The van der Waals surface area contributed by atoms with E-state index in [0.29, 0.717) is 6.42 Å². The SMILES string of the molecule is CCC[C@H](CO)CC[N+](=O)[O-]. The second-order valence-electron chi connectivity index (χ2n) is 2.68. The smallest absolute Gasteiger partial charge is 0.204 e. The quantitative estimate of drug-likeness (QED) is 0.468. The monoisotopic (exact) mass is 161 g/mol. The van der Waals surface area contributed by atoms with E-state index in [2.05, 4.69) is 0 Å². The first-order chi connectivity index (χ1) is 5.20. The number of nitro groups is 1. The summed E-state index contributed by atoms with van der Waals surface area (Å²) >= 11 is 0. The molecule has 0 aromatic rings. The normalized spacial score (nSPS) is 12.9. The van der Waals surface area contributed by atoms with Gasteiger partial charge >= 0.3 is 0 Å². The highest BCUT2D eigenvalue weighted by atomic mass is 16.6. The van der Waals surface area contributed by atoms with Crippen LogP contribution in [0.4, 0.5) is 0 Å². The molecule has 1 atom stereocenters. The third kappa shape index (κ3) is 5.79. The minimum Gasteiger partial charge on any atom is -0.396 e. The molecule has 0 spiro atoms. The Balaban J connectivity index is 3.43. The molecule has 0 amide bonds. The zero-order chi connectivity index (χ0) is 8.69. The molecule has 11 heavy (non-hydrogen) atoms. The largest absolute Gasteiger partial charge is 0.396 e. The number of nitrogens with zero attached hydrogens (tertiary/aromatic N) is 1. The first-order valence-corrected chi connectivity index (χ1v) is 3.93. The number of rotatable bonds is 6. The van der Waals surface area contributed by atoms with E-state index in [-0.39, 0.29) is 24.0 Å². The maximum atomic E-state index is 9.95. The summed E-state index contributed by atoms with van der Waals surface area (Å²) in [5.41, 5.74) is 0. The lowest BCUT2D eigenvalue weighted by atomic mass is 10.0. The van der Waals surface area contributed by atoms with Crippen LogP contribution in [0.25, 0.3) is 0 Å². The van der Waals surface area contributed by atoms with Crippen LogP contribution in [0.3, 0.4) is 0 Å². The van der Waals surface area contributed by atoms with Gasteiger partial charge in [0.2, 0.25) is 6.54 Å². The molecule has 0 fully saturated rings. The van der Waals surface area contributed by atoms with E-state index < -0.39 is 0 Å². The predicted octanol–water partition coefficient (Wildman–Crippen LogP) is 1.06. The summed E-state index contributed by atoms with van der Waals surface area (Å²) in [5, 5.41) is 18.7. The number of aliphatic hydroxyl groups excluding tert-OH is 1. The van der Waals surface area contributed by atoms with Gasteiger partial charge in [0.1, 0.15) is 0 Å². The molecule has 4 heteroatoms. The van der Waals surface area contributed by atoms with Crippen LogP contribution in [0.1, 0.15) is 26.2 Å². The maximum absolute atomic E-state index is 9.95. The summed E-state index contributed by atoms with van der Waals surface area (Å²) in [5.74, 6) is 0.116. The fourth-order valence-electron chi connectivity index (χ4n) is 1.02. The van der Waals surface area contributed by atoms with Gasteiger partial charge in [0, 0.05) is 18.0 Å². The molecule has 0 radical (unpaired) electrons. The van der Waals surface area contributed by atoms with Crippen LogP contribution in [-0.2, 0) is 0 Å². The van der Waals surface area contributed by atoms with Gasteiger partial charge in [-0.05, 0) is 12.3 Å². The fourth-order valence-corrected chi connectivity index (χ4v) is 1.02. The van der Waals surface area contributed by atoms with Crippen molar-refractivity contribution in [2.45, 2.75) is 26.2 Å². The van der Waals surface area contributed by atoms with E-state index in [1.54, 1.807) is 0 Å². The molecule has 0 heterocycles. The summed E-state index contributed by atoms with van der Waals surface area (Å²) < 4.78 is 0. The van der Waals surface area contributed by atoms with E-state index in [4.69, 9.17) is 5.11 Å². The van der Waals surface area contributed by atoms with Gasteiger partial charge in [-0.25, -0.2) is 0 Å². The van der Waals surface area contributed by atoms with Crippen LogP contribution in [0.2, 0.25) is 0 Å². The van der Waals surface area contributed by atoms with E-state index >= 15 is 0 Å². The molecule has 0 bridgehead atoms. The topological polar surface area (TPSA) is 63.4 Å². The molecule has 0 aromatic carbocycles. The Hall–Kier alpha value is -0.640. The third-order valence-electron chi connectivity index (χ3n) is 1.68. The average Bonchev–Trinajstić information content (AvgIpc) is 1.97. The zero-order valence-corrected chi connectivity index (χ0v) is 6.82. The summed E-state index contributed by atoms with van der Waals surface area (Å²) in [4.78, 5) is 9.61. The lowest BCUT2D eigenvalue weighted by molar-refractivity contribution is -0.481. The molecule has 4 nitrogen and oxygen atoms in total. The highest BCUT2D eigenvalue weighted by molar-refractivity contribution is 4.55. The molecule has 0 saturated carbocycles. The van der Waals surface area contributed by atoms with Crippen molar-refractivity contribution in [3.05, 3.63) is 10.1 Å². The third-order valence-corrected chi connectivity index (χ3v) is 1.68. The second kappa shape index (κ2) is 6.09. The second-order valence-corrected chi connectivity index (χ2v) is 2.68. The minimum absolute atomic E-state index is 0.0226. The zero-order valence-electron chi connectivity index (χ0n) is 6.82. The first-order valence-electron chi connectivity index (χ1n) is 3.93. The van der Waals surface area contributed by atoms with Gasteiger partial charge in [0.25, 0.3) is 0 Å². The van der Waals surface area contributed by atoms with Crippen molar-refractivity contribution >= 4 is 0 Å². The fraction of sp³-hybridized carbons (Fsp3) is 1.00. The van der Waals surface area contributed by atoms with Crippen LogP contribution in [-0.4, -0.2) is 23.2 Å². The Morgan fingerprint density at radius 1 is 1.55 bits per heavy atom. The summed E-state index contributed by atoms with van der Waals surface area (Å²) in [6.45, 7) is 2.06. The first kappa shape index (κ1) is 10.4. The standard InChI is InChI=1S/C7H15NO3/c1-2-3-7(6-9)4-5-8(10)11/h7,9H,2-6H2,1H3/t7-/m0/s1. The Morgan fingerprint density at radius 2 is 2.18 bits per heavy atom. The van der Waals surface area contributed by atoms with Crippen LogP contribution in [0.15, 0.2) is 0 Å². The number of hydrogen-bond acceptors (Lipinski definition) is 3. The van der Waals surface area contributed by atoms with Crippen molar-refractivity contribution in [1.82, 2.24) is 0 Å². The van der Waals surface area contributed by atoms with Crippen molar-refractivity contribution in [2.75, 3.05) is 13.2 Å². The molecule has 0 aliphatic heterocycles. The van der Waals surface area contributed by atoms with E-state index in [9.17, 15) is 10.1 Å². The van der Waals surface area contributed by atoms with Crippen LogP contribution in [0.5, 0.6) is 0 Å². The Morgan fingerprint density at radius 3 is 2.55 bits per heavy atom. The molecule has 0 saturated heterocycles. The molecule has 1 N–H and O–H groups in total. The van der Waals surface area contributed by atoms with Gasteiger partial charge in [-0.2, -0.15) is 0 Å². The van der Waals surface area contributed by atoms with Crippen molar-refractivity contribution in [3.63, 3.8) is 0 Å². The van der Waals surface area contributed by atoms with Crippen molar-refractivity contribution < 1.29 is 10.0 Å². The van der Waals surface area contributed by atoms with Gasteiger partial charge in [-0.1, -0.05) is 13.3 Å². The van der Waals surface area contributed by atoms with E-state index in [0.717, 1.165) is 12.8 Å². The summed E-state index contributed by atoms with van der Waals surface area (Å²) in [7, 11) is 0. The average molecular weight is 161 g/mol.